The van der Waals surface area contributed by atoms with Crippen LogP contribution in [0.4, 0.5) is 0 Å². The van der Waals surface area contributed by atoms with Crippen molar-refractivity contribution in [1.29, 1.82) is 0 Å². The molecule has 0 aliphatic carbocycles. The molecular weight excluding hydrogens is 516 g/mol. The Hall–Kier alpha value is -4.46. The molecule has 0 aliphatic rings. The topological polar surface area (TPSA) is 116 Å². The van der Waals surface area contributed by atoms with Crippen molar-refractivity contribution in [2.45, 2.75) is 64.6 Å². The molecule has 0 bridgehead atoms. The fraction of sp³-hybridized carbons (Fsp3) is 0.333. The van der Waals surface area contributed by atoms with Gasteiger partial charge in [-0.05, 0) is 62.9 Å². The molecule has 41 heavy (non-hydrogen) atoms. The summed E-state index contributed by atoms with van der Waals surface area (Å²) >= 11 is 0. The molecule has 3 rings (SSSR count). The van der Waals surface area contributed by atoms with E-state index in [9.17, 15) is 19.2 Å². The maximum atomic E-state index is 13.2. The van der Waals surface area contributed by atoms with E-state index in [0.717, 1.165) is 16.7 Å². The third kappa shape index (κ3) is 10.9. The number of rotatable bonds is 12. The molecule has 0 spiro atoms. The summed E-state index contributed by atoms with van der Waals surface area (Å²) in [6, 6.07) is 25.2. The molecule has 0 saturated heterocycles. The van der Waals surface area contributed by atoms with Crippen LogP contribution in [-0.4, -0.2) is 47.8 Å². The molecule has 2 atom stereocenters. The fourth-order valence-electron chi connectivity index (χ4n) is 4.25. The van der Waals surface area contributed by atoms with Crippen molar-refractivity contribution in [2.75, 3.05) is 6.54 Å². The molecule has 8 heteroatoms. The van der Waals surface area contributed by atoms with Crippen LogP contribution in [0.15, 0.2) is 84.9 Å². The molecule has 0 fully saturated rings. The normalized spacial score (nSPS) is 12.5. The smallest absolute Gasteiger partial charge is 0.251 e. The summed E-state index contributed by atoms with van der Waals surface area (Å²) in [6.45, 7) is 7.46. The molecule has 8 nitrogen and oxygen atoms in total. The molecule has 2 unspecified atom stereocenters. The van der Waals surface area contributed by atoms with Gasteiger partial charge in [-0.1, -0.05) is 72.8 Å². The van der Waals surface area contributed by atoms with Crippen LogP contribution < -0.4 is 21.3 Å². The minimum Gasteiger partial charge on any atom is -0.351 e. The second kappa shape index (κ2) is 14.8. The van der Waals surface area contributed by atoms with Gasteiger partial charge in [0.15, 0.2) is 0 Å². The van der Waals surface area contributed by atoms with Gasteiger partial charge in [-0.25, -0.2) is 0 Å². The Morgan fingerprint density at radius 3 is 2.05 bits per heavy atom. The van der Waals surface area contributed by atoms with Crippen LogP contribution in [0.3, 0.4) is 0 Å². The molecule has 0 aromatic heterocycles. The maximum absolute atomic E-state index is 13.2. The Labute approximate surface area is 242 Å². The lowest BCUT2D eigenvalue weighted by Crippen LogP contribution is -2.53. The van der Waals surface area contributed by atoms with Crippen LogP contribution in [0.25, 0.3) is 11.1 Å². The Bertz CT molecular complexity index is 1320. The molecular formula is C33H40N4O4. The first kappa shape index (κ1) is 31.1. The van der Waals surface area contributed by atoms with Crippen LogP contribution >= 0.6 is 0 Å². The predicted octanol–water partition coefficient (Wildman–Crippen LogP) is 4.01. The highest BCUT2D eigenvalue weighted by Gasteiger charge is 2.26. The first-order chi connectivity index (χ1) is 19.5. The number of hydrogen-bond donors (Lipinski definition) is 4. The second-order valence-corrected chi connectivity index (χ2v) is 11.2. The minimum atomic E-state index is -1.05. The van der Waals surface area contributed by atoms with Crippen LogP contribution in [0.2, 0.25) is 0 Å². The van der Waals surface area contributed by atoms with Crippen molar-refractivity contribution < 1.29 is 19.2 Å². The van der Waals surface area contributed by atoms with Gasteiger partial charge in [0.25, 0.3) is 5.91 Å². The Morgan fingerprint density at radius 1 is 0.756 bits per heavy atom. The summed E-state index contributed by atoms with van der Waals surface area (Å²) in [5.41, 5.74) is 2.97. The van der Waals surface area contributed by atoms with Gasteiger partial charge >= 0.3 is 0 Å². The summed E-state index contributed by atoms with van der Waals surface area (Å²) in [6.07, 6.45) is 0.497. The van der Waals surface area contributed by atoms with Gasteiger partial charge in [-0.2, -0.15) is 0 Å². The van der Waals surface area contributed by atoms with Gasteiger partial charge in [0, 0.05) is 30.1 Å². The maximum Gasteiger partial charge on any atom is 0.251 e. The van der Waals surface area contributed by atoms with Gasteiger partial charge in [0.1, 0.15) is 6.04 Å². The van der Waals surface area contributed by atoms with E-state index in [1.54, 1.807) is 13.0 Å². The largest absolute Gasteiger partial charge is 0.351 e. The summed E-state index contributed by atoms with van der Waals surface area (Å²) in [7, 11) is 0. The van der Waals surface area contributed by atoms with E-state index in [1.807, 2.05) is 99.6 Å². The van der Waals surface area contributed by atoms with Crippen molar-refractivity contribution in [3.63, 3.8) is 0 Å². The van der Waals surface area contributed by atoms with E-state index < -0.39 is 23.5 Å². The van der Waals surface area contributed by atoms with E-state index in [4.69, 9.17) is 0 Å². The van der Waals surface area contributed by atoms with E-state index in [0.29, 0.717) is 12.0 Å². The average Bonchev–Trinajstić information content (AvgIpc) is 2.94. The Kier molecular flexibility index (Phi) is 11.2. The van der Waals surface area contributed by atoms with Crippen molar-refractivity contribution in [3.05, 3.63) is 96.1 Å². The zero-order valence-corrected chi connectivity index (χ0v) is 24.2. The highest BCUT2D eigenvalue weighted by molar-refractivity contribution is 5.95. The quantitative estimate of drug-likeness (QED) is 0.270. The summed E-state index contributed by atoms with van der Waals surface area (Å²) in [5.74, 6) is -1.42. The van der Waals surface area contributed by atoms with Crippen molar-refractivity contribution in [2.24, 2.45) is 0 Å². The molecule has 4 amide bonds. The first-order valence-electron chi connectivity index (χ1n) is 13.9. The lowest BCUT2D eigenvalue weighted by molar-refractivity contribution is -0.132. The highest BCUT2D eigenvalue weighted by atomic mass is 16.2. The average molecular weight is 557 g/mol. The third-order valence-corrected chi connectivity index (χ3v) is 6.23. The lowest BCUT2D eigenvalue weighted by atomic mass is 10.0. The molecule has 0 aliphatic heterocycles. The monoisotopic (exact) mass is 556 g/mol. The zero-order chi connectivity index (χ0) is 29.8. The Balaban J connectivity index is 1.57. The minimum absolute atomic E-state index is 0.170. The molecule has 216 valence electrons. The zero-order valence-electron chi connectivity index (χ0n) is 24.2. The van der Waals surface area contributed by atoms with Crippen LogP contribution in [0, 0.1) is 0 Å². The first-order valence-corrected chi connectivity index (χ1v) is 13.9. The van der Waals surface area contributed by atoms with E-state index in [1.165, 1.54) is 0 Å². The lowest BCUT2D eigenvalue weighted by Gasteiger charge is -2.24. The molecule has 4 N–H and O–H groups in total. The Morgan fingerprint density at radius 2 is 1.39 bits per heavy atom. The number of carbonyl (C=O) groups excluding carboxylic acids is 4. The van der Waals surface area contributed by atoms with Crippen molar-refractivity contribution in [1.82, 2.24) is 21.3 Å². The molecule has 3 aromatic rings. The van der Waals surface area contributed by atoms with Crippen LogP contribution in [0.1, 0.15) is 56.5 Å². The predicted molar refractivity (Wildman–Crippen MR) is 161 cm³/mol. The molecule has 0 radical (unpaired) electrons. The number of hydrogen-bond acceptors (Lipinski definition) is 4. The van der Waals surface area contributed by atoms with Gasteiger partial charge in [-0.15, -0.1) is 0 Å². The van der Waals surface area contributed by atoms with Gasteiger partial charge in [0.2, 0.25) is 17.7 Å². The summed E-state index contributed by atoms with van der Waals surface area (Å²) in [5, 5.41) is 11.2. The van der Waals surface area contributed by atoms with Crippen LogP contribution in [0.5, 0.6) is 0 Å². The van der Waals surface area contributed by atoms with E-state index in [-0.39, 0.29) is 37.1 Å². The molecule has 0 heterocycles. The number of benzene rings is 3. The number of nitrogens with one attached hydrogen (secondary N) is 4. The summed E-state index contributed by atoms with van der Waals surface area (Å²) < 4.78 is 0. The number of aryl methyl sites for hydroxylation is 1. The van der Waals surface area contributed by atoms with E-state index in [2.05, 4.69) is 21.3 Å². The number of carbonyl (C=O) groups is 4. The summed E-state index contributed by atoms with van der Waals surface area (Å²) in [4.78, 5) is 51.3. The fourth-order valence-corrected chi connectivity index (χ4v) is 4.25. The van der Waals surface area contributed by atoms with Gasteiger partial charge in [0.05, 0.1) is 6.42 Å². The van der Waals surface area contributed by atoms with E-state index >= 15 is 0 Å². The van der Waals surface area contributed by atoms with Crippen molar-refractivity contribution in [3.8, 4) is 11.1 Å². The second-order valence-electron chi connectivity index (χ2n) is 11.2. The SMILES string of the molecule is CC(CNC(=O)c1cccc(-c2ccccc2)c1)NC(=O)C(CC(=O)NC(C)(C)C)NC(=O)CCc1ccccc1. The standard InChI is InChI=1S/C33H40N4O4/c1-23(22-34-31(40)27-17-11-16-26(20-27)25-14-9-6-10-15-25)35-32(41)28(21-30(39)37-33(2,3)4)36-29(38)19-18-24-12-7-5-8-13-24/h5-17,20,23,28H,18-19,21-22H2,1-4H3,(H,34,40)(H,35,41)(H,36,38)(H,37,39). The number of amides is 4. The molecule has 3 aromatic carbocycles. The molecule has 0 saturated carbocycles. The van der Waals surface area contributed by atoms with Gasteiger partial charge < -0.3 is 21.3 Å². The third-order valence-electron chi connectivity index (χ3n) is 6.23. The van der Waals surface area contributed by atoms with Gasteiger partial charge in [-0.3, -0.25) is 19.2 Å². The van der Waals surface area contributed by atoms with Crippen LogP contribution in [-0.2, 0) is 20.8 Å². The highest BCUT2D eigenvalue weighted by Crippen LogP contribution is 2.20. The van der Waals surface area contributed by atoms with Crippen molar-refractivity contribution >= 4 is 23.6 Å².